The Bertz CT molecular complexity index is 1250. The van der Waals surface area contributed by atoms with E-state index >= 15 is 0 Å². The normalized spacial score (nSPS) is 12.5. The first-order chi connectivity index (χ1) is 15.9. The highest BCUT2D eigenvalue weighted by atomic mass is 35.5. The standard InChI is InChI=1S/C24H24ClN7O/c1-15-4-2-7-23(31-15)32-20(12-22(27)30-14-16-5-3-6-18(25)10-16)17-8-9-29-21(11-17)19(13-26)24(28)33/h2-13H,14,26H2,1H3,(H2,27,30)(H2,28,33)(H,31,32)/b19-13?,20-12-. The summed E-state index contributed by atoms with van der Waals surface area (Å²) in [5.74, 6) is 0.225. The predicted octanol–water partition coefficient (Wildman–Crippen LogP) is 3.23. The van der Waals surface area contributed by atoms with Crippen molar-refractivity contribution in [2.75, 3.05) is 5.32 Å². The number of rotatable bonds is 8. The topological polar surface area (TPSA) is 145 Å². The molecule has 3 aromatic rings. The van der Waals surface area contributed by atoms with Gasteiger partial charge in [-0.05, 0) is 48.9 Å². The summed E-state index contributed by atoms with van der Waals surface area (Å²) in [5.41, 5.74) is 20.7. The average molecular weight is 462 g/mol. The quantitative estimate of drug-likeness (QED) is 0.230. The van der Waals surface area contributed by atoms with E-state index in [0.717, 1.165) is 17.5 Å². The van der Waals surface area contributed by atoms with Gasteiger partial charge in [0.15, 0.2) is 0 Å². The molecule has 0 bridgehead atoms. The van der Waals surface area contributed by atoms with Gasteiger partial charge in [0.2, 0.25) is 0 Å². The number of primary amides is 1. The number of pyridine rings is 2. The summed E-state index contributed by atoms with van der Waals surface area (Å²) in [6, 6.07) is 16.5. The van der Waals surface area contributed by atoms with E-state index in [-0.39, 0.29) is 11.4 Å². The number of halogens is 1. The molecule has 0 unspecified atom stereocenters. The first kappa shape index (κ1) is 23.5. The SMILES string of the molecule is Cc1cccc(N/C(=C\C(N)=NCc2cccc(Cl)c2)c2ccnc(C(=CN)C(N)=O)c2)n1. The lowest BCUT2D eigenvalue weighted by Gasteiger charge is -2.13. The molecule has 0 fully saturated rings. The van der Waals surface area contributed by atoms with Crippen LogP contribution in [0.3, 0.4) is 0 Å². The van der Waals surface area contributed by atoms with Crippen LogP contribution in [0.4, 0.5) is 5.82 Å². The molecule has 0 radical (unpaired) electrons. The van der Waals surface area contributed by atoms with E-state index in [2.05, 4.69) is 20.3 Å². The van der Waals surface area contributed by atoms with E-state index in [1.807, 2.05) is 43.3 Å². The number of nitrogens with one attached hydrogen (secondary N) is 1. The zero-order chi connectivity index (χ0) is 23.8. The number of anilines is 1. The third-order valence-electron chi connectivity index (χ3n) is 4.56. The first-order valence-electron chi connectivity index (χ1n) is 10.0. The van der Waals surface area contributed by atoms with Crippen LogP contribution in [0.25, 0.3) is 11.3 Å². The van der Waals surface area contributed by atoms with Crippen molar-refractivity contribution in [1.82, 2.24) is 9.97 Å². The van der Waals surface area contributed by atoms with Crippen molar-refractivity contribution in [2.45, 2.75) is 13.5 Å². The van der Waals surface area contributed by atoms with Crippen molar-refractivity contribution >= 4 is 40.4 Å². The number of amidine groups is 1. The molecule has 0 aliphatic carbocycles. The van der Waals surface area contributed by atoms with Gasteiger partial charge in [-0.15, -0.1) is 0 Å². The Hall–Kier alpha value is -4.17. The van der Waals surface area contributed by atoms with E-state index < -0.39 is 5.91 Å². The molecule has 9 heteroatoms. The summed E-state index contributed by atoms with van der Waals surface area (Å²) in [7, 11) is 0. The van der Waals surface area contributed by atoms with E-state index in [1.54, 1.807) is 30.5 Å². The van der Waals surface area contributed by atoms with E-state index in [9.17, 15) is 4.79 Å². The number of hydrogen-bond acceptors (Lipinski definition) is 6. The average Bonchev–Trinajstić information content (AvgIpc) is 2.78. The van der Waals surface area contributed by atoms with Gasteiger partial charge in [0.25, 0.3) is 5.91 Å². The fraction of sp³-hybridized carbons (Fsp3) is 0.0833. The number of nitrogens with two attached hydrogens (primary N) is 3. The number of aliphatic imine (C=N–C) groups is 1. The maximum Gasteiger partial charge on any atom is 0.252 e. The van der Waals surface area contributed by atoms with Gasteiger partial charge in [0.1, 0.15) is 11.7 Å². The number of aryl methyl sites for hydroxylation is 1. The molecular weight excluding hydrogens is 438 g/mol. The second-order valence-corrected chi connectivity index (χ2v) is 7.53. The summed E-state index contributed by atoms with van der Waals surface area (Å²) in [4.78, 5) is 24.8. The predicted molar refractivity (Wildman–Crippen MR) is 133 cm³/mol. The molecule has 1 aromatic carbocycles. The third-order valence-corrected chi connectivity index (χ3v) is 4.79. The number of amides is 1. The molecule has 2 aromatic heterocycles. The fourth-order valence-electron chi connectivity index (χ4n) is 2.99. The van der Waals surface area contributed by atoms with Gasteiger partial charge in [0, 0.05) is 34.8 Å². The Morgan fingerprint density at radius 3 is 2.64 bits per heavy atom. The summed E-state index contributed by atoms with van der Waals surface area (Å²) in [6.45, 7) is 2.26. The van der Waals surface area contributed by atoms with Gasteiger partial charge < -0.3 is 22.5 Å². The Labute approximate surface area is 196 Å². The first-order valence-corrected chi connectivity index (χ1v) is 10.4. The lowest BCUT2D eigenvalue weighted by atomic mass is 10.1. The van der Waals surface area contributed by atoms with Crippen LogP contribution in [0.5, 0.6) is 0 Å². The minimum absolute atomic E-state index is 0.104. The van der Waals surface area contributed by atoms with Crippen LogP contribution < -0.4 is 22.5 Å². The molecule has 0 saturated heterocycles. The molecule has 0 aliphatic heterocycles. The smallest absolute Gasteiger partial charge is 0.252 e. The molecule has 0 spiro atoms. The summed E-state index contributed by atoms with van der Waals surface area (Å²) in [6.07, 6.45) is 4.37. The monoisotopic (exact) mass is 461 g/mol. The zero-order valence-electron chi connectivity index (χ0n) is 18.0. The molecule has 1 amide bonds. The van der Waals surface area contributed by atoms with Crippen molar-refractivity contribution in [1.29, 1.82) is 0 Å². The van der Waals surface area contributed by atoms with Crippen molar-refractivity contribution < 1.29 is 4.79 Å². The molecule has 8 nitrogen and oxygen atoms in total. The molecule has 33 heavy (non-hydrogen) atoms. The summed E-state index contributed by atoms with van der Waals surface area (Å²) >= 11 is 6.04. The second kappa shape index (κ2) is 10.9. The van der Waals surface area contributed by atoms with Crippen LogP contribution in [0.1, 0.15) is 22.5 Å². The highest BCUT2D eigenvalue weighted by molar-refractivity contribution is 6.30. The van der Waals surface area contributed by atoms with E-state index in [4.69, 9.17) is 28.8 Å². The molecule has 0 aliphatic rings. The molecule has 7 N–H and O–H groups in total. The van der Waals surface area contributed by atoms with Crippen LogP contribution in [-0.2, 0) is 11.3 Å². The lowest BCUT2D eigenvalue weighted by Crippen LogP contribution is -2.16. The van der Waals surface area contributed by atoms with Gasteiger partial charge >= 0.3 is 0 Å². The van der Waals surface area contributed by atoms with Crippen LogP contribution in [-0.4, -0.2) is 21.7 Å². The number of hydrogen-bond donors (Lipinski definition) is 4. The molecule has 3 rings (SSSR count). The number of benzene rings is 1. The molecule has 168 valence electrons. The van der Waals surface area contributed by atoms with E-state index in [1.165, 1.54) is 0 Å². The minimum atomic E-state index is -0.677. The Kier molecular flexibility index (Phi) is 7.77. The molecule has 0 saturated carbocycles. The number of aromatic nitrogens is 2. The minimum Gasteiger partial charge on any atom is -0.404 e. The van der Waals surface area contributed by atoms with Crippen LogP contribution in [0.15, 0.2) is 78.1 Å². The lowest BCUT2D eigenvalue weighted by molar-refractivity contribution is -0.112. The van der Waals surface area contributed by atoms with Crippen LogP contribution in [0, 0.1) is 6.92 Å². The Morgan fingerprint density at radius 1 is 1.15 bits per heavy atom. The number of carbonyl (C=O) groups excluding carboxylic acids is 1. The van der Waals surface area contributed by atoms with E-state index in [0.29, 0.717) is 34.3 Å². The highest BCUT2D eigenvalue weighted by Gasteiger charge is 2.12. The summed E-state index contributed by atoms with van der Waals surface area (Å²) < 4.78 is 0. The summed E-state index contributed by atoms with van der Waals surface area (Å²) in [5, 5.41) is 3.89. The fourth-order valence-corrected chi connectivity index (χ4v) is 3.21. The van der Waals surface area contributed by atoms with Crippen molar-refractivity contribution in [3.63, 3.8) is 0 Å². The van der Waals surface area contributed by atoms with Gasteiger partial charge in [-0.1, -0.05) is 29.8 Å². The van der Waals surface area contributed by atoms with Gasteiger partial charge in [-0.2, -0.15) is 0 Å². The second-order valence-electron chi connectivity index (χ2n) is 7.09. The maximum absolute atomic E-state index is 11.7. The molecule has 2 heterocycles. The largest absolute Gasteiger partial charge is 0.404 e. The Balaban J connectivity index is 1.99. The molecular formula is C24H24ClN7O. The maximum atomic E-state index is 11.7. The van der Waals surface area contributed by atoms with Crippen molar-refractivity contribution in [3.05, 3.63) is 101 Å². The van der Waals surface area contributed by atoms with Crippen molar-refractivity contribution in [3.8, 4) is 0 Å². The molecule has 0 atom stereocenters. The van der Waals surface area contributed by atoms with Crippen LogP contribution in [0.2, 0.25) is 5.02 Å². The third kappa shape index (κ3) is 6.65. The van der Waals surface area contributed by atoms with Gasteiger partial charge in [0.05, 0.1) is 23.5 Å². The zero-order valence-corrected chi connectivity index (χ0v) is 18.8. The number of nitrogens with zero attached hydrogens (tertiary/aromatic N) is 3. The highest BCUT2D eigenvalue weighted by Crippen LogP contribution is 2.21. The van der Waals surface area contributed by atoms with Gasteiger partial charge in [-0.25, -0.2) is 4.98 Å². The Morgan fingerprint density at radius 2 is 1.94 bits per heavy atom. The van der Waals surface area contributed by atoms with Crippen molar-refractivity contribution in [2.24, 2.45) is 22.2 Å². The van der Waals surface area contributed by atoms with Crippen LogP contribution >= 0.6 is 11.6 Å². The number of carbonyl (C=O) groups is 1. The van der Waals surface area contributed by atoms with Gasteiger partial charge in [-0.3, -0.25) is 14.8 Å².